The van der Waals surface area contributed by atoms with E-state index in [1.54, 1.807) is 14.2 Å². The first-order valence-electron chi connectivity index (χ1n) is 11.8. The number of nitrogens with one attached hydrogen (secondary N) is 1. The summed E-state index contributed by atoms with van der Waals surface area (Å²) in [6.45, 7) is 8.73. The fourth-order valence-electron chi connectivity index (χ4n) is 4.49. The number of nitrogens with zero attached hydrogens (tertiary/aromatic N) is 2. The summed E-state index contributed by atoms with van der Waals surface area (Å²) in [6, 6.07) is 8.10. The average molecular weight is 482 g/mol. The molecule has 0 aliphatic carbocycles. The van der Waals surface area contributed by atoms with Crippen LogP contribution in [0.3, 0.4) is 0 Å². The first kappa shape index (κ1) is 26.1. The van der Waals surface area contributed by atoms with Gasteiger partial charge in [0, 0.05) is 64.1 Å². The average Bonchev–Trinajstić information content (AvgIpc) is 2.79. The predicted molar refractivity (Wildman–Crippen MR) is 130 cm³/mol. The van der Waals surface area contributed by atoms with Gasteiger partial charge in [-0.3, -0.25) is 0 Å². The molecule has 0 aromatic heterocycles. The maximum absolute atomic E-state index is 13.2. The monoisotopic (exact) mass is 481 g/mol. The molecule has 2 aliphatic rings. The number of amides is 1. The van der Waals surface area contributed by atoms with Gasteiger partial charge in [-0.15, -0.1) is 4.31 Å². The highest BCUT2D eigenvalue weighted by Crippen LogP contribution is 2.29. The van der Waals surface area contributed by atoms with Gasteiger partial charge in [0.05, 0.1) is 11.4 Å². The lowest BCUT2D eigenvalue weighted by Crippen LogP contribution is -2.47. The van der Waals surface area contributed by atoms with Crippen LogP contribution in [0.15, 0.2) is 29.2 Å². The number of methoxy groups -OCH3 is 2. The second-order valence-electron chi connectivity index (χ2n) is 9.76. The molecule has 8 nitrogen and oxygen atoms in total. The van der Waals surface area contributed by atoms with Gasteiger partial charge in [-0.2, -0.15) is 0 Å². The maximum atomic E-state index is 13.2. The van der Waals surface area contributed by atoms with E-state index in [0.29, 0.717) is 19.0 Å². The van der Waals surface area contributed by atoms with Gasteiger partial charge in [0.2, 0.25) is 0 Å². The Morgan fingerprint density at radius 3 is 2.30 bits per heavy atom. The first-order chi connectivity index (χ1) is 15.7. The van der Waals surface area contributed by atoms with E-state index < -0.39 is 17.0 Å². The van der Waals surface area contributed by atoms with E-state index in [1.807, 2.05) is 43.3 Å². The summed E-state index contributed by atoms with van der Waals surface area (Å²) in [6.07, 6.45) is 2.95. The molecule has 0 bridgehead atoms. The van der Waals surface area contributed by atoms with Crippen molar-refractivity contribution in [2.24, 2.45) is 5.92 Å². The van der Waals surface area contributed by atoms with Crippen LogP contribution in [0.25, 0.3) is 0 Å². The number of carbonyl (C=O) groups is 1. The number of hydrogen-bond donors (Lipinski definition) is 1. The predicted octanol–water partition coefficient (Wildman–Crippen LogP) is 3.53. The Hall–Kier alpha value is -1.52. The summed E-state index contributed by atoms with van der Waals surface area (Å²) in [5, 5.41) is 2.94. The normalized spacial score (nSPS) is 20.2. The van der Waals surface area contributed by atoms with Crippen molar-refractivity contribution in [1.82, 2.24) is 9.62 Å². The van der Waals surface area contributed by atoms with Gasteiger partial charge in [-0.05, 0) is 58.6 Å². The molecule has 2 saturated heterocycles. The van der Waals surface area contributed by atoms with E-state index in [9.17, 15) is 9.35 Å². The van der Waals surface area contributed by atoms with Crippen molar-refractivity contribution in [1.29, 1.82) is 0 Å². The topological polar surface area (TPSA) is 86.3 Å². The molecule has 9 heteroatoms. The zero-order valence-corrected chi connectivity index (χ0v) is 21.4. The summed E-state index contributed by atoms with van der Waals surface area (Å²) in [5.41, 5.74) is 0.592. The molecular formula is C24H39N3O5S. The molecule has 2 fully saturated rings. The van der Waals surface area contributed by atoms with E-state index in [2.05, 4.69) is 16.3 Å². The minimum absolute atomic E-state index is 0.0451. The van der Waals surface area contributed by atoms with Gasteiger partial charge in [-0.25, -0.2) is 4.79 Å². The van der Waals surface area contributed by atoms with Crippen LogP contribution in [0.5, 0.6) is 0 Å². The van der Waals surface area contributed by atoms with Crippen LogP contribution in [-0.4, -0.2) is 73.3 Å². The molecule has 1 N–H and O–H groups in total. The van der Waals surface area contributed by atoms with Crippen molar-refractivity contribution < 1.29 is 23.6 Å². The Balaban J connectivity index is 1.51. The minimum Gasteiger partial charge on any atom is -0.593 e. The van der Waals surface area contributed by atoms with Crippen molar-refractivity contribution in [3.63, 3.8) is 0 Å². The lowest BCUT2D eigenvalue weighted by molar-refractivity contribution is -0.141. The molecule has 1 aromatic carbocycles. The molecular weight excluding hydrogens is 442 g/mol. The molecule has 2 heterocycles. The molecule has 0 saturated carbocycles. The van der Waals surface area contributed by atoms with Gasteiger partial charge >= 0.3 is 6.09 Å². The quantitative estimate of drug-likeness (QED) is 0.471. The van der Waals surface area contributed by atoms with Gasteiger partial charge in [-0.1, -0.05) is 6.07 Å². The Bertz CT molecular complexity index is 755. The van der Waals surface area contributed by atoms with Crippen molar-refractivity contribution >= 4 is 23.1 Å². The molecule has 2 aliphatic heterocycles. The third-order valence-electron chi connectivity index (χ3n) is 6.18. The number of piperidine rings is 2. The number of alkyl carbamates (subject to hydrolysis) is 1. The number of carbonyl (C=O) groups excluding carboxylic acids is 1. The SMILES string of the molecule is COC(OC)C1CCN(c2cccc([S+]([O-])N3CCC(NC(=O)OC(C)(C)C)CC3)c2)CC1. The molecule has 1 unspecified atom stereocenters. The lowest BCUT2D eigenvalue weighted by atomic mass is 9.95. The summed E-state index contributed by atoms with van der Waals surface area (Å²) in [7, 11) is 3.38. The minimum atomic E-state index is -1.22. The molecule has 0 radical (unpaired) electrons. The Labute approximate surface area is 201 Å². The van der Waals surface area contributed by atoms with Crippen molar-refractivity contribution in [3.05, 3.63) is 24.3 Å². The molecule has 1 amide bonds. The summed E-state index contributed by atoms with van der Waals surface area (Å²) < 4.78 is 31.4. The lowest BCUT2D eigenvalue weighted by Gasteiger charge is -2.36. The van der Waals surface area contributed by atoms with E-state index in [-0.39, 0.29) is 18.4 Å². The van der Waals surface area contributed by atoms with E-state index in [4.69, 9.17) is 14.2 Å². The zero-order valence-electron chi connectivity index (χ0n) is 20.5. The maximum Gasteiger partial charge on any atom is 0.407 e. The molecule has 3 rings (SSSR count). The Morgan fingerprint density at radius 1 is 1.09 bits per heavy atom. The van der Waals surface area contributed by atoms with Gasteiger partial charge < -0.3 is 29.0 Å². The van der Waals surface area contributed by atoms with Crippen LogP contribution in [0, 0.1) is 5.92 Å². The van der Waals surface area contributed by atoms with E-state index in [1.165, 1.54) is 0 Å². The van der Waals surface area contributed by atoms with Crippen molar-refractivity contribution in [2.75, 3.05) is 45.3 Å². The van der Waals surface area contributed by atoms with Crippen LogP contribution in [0.4, 0.5) is 10.5 Å². The number of anilines is 1. The zero-order chi connectivity index (χ0) is 24.0. The van der Waals surface area contributed by atoms with E-state index >= 15 is 0 Å². The molecule has 186 valence electrons. The third-order valence-corrected chi connectivity index (χ3v) is 7.67. The number of ether oxygens (including phenoxy) is 3. The fourth-order valence-corrected chi connectivity index (χ4v) is 5.75. The van der Waals surface area contributed by atoms with Crippen LogP contribution in [0.2, 0.25) is 0 Å². The van der Waals surface area contributed by atoms with Crippen LogP contribution < -0.4 is 10.2 Å². The number of benzene rings is 1. The highest BCUT2D eigenvalue weighted by molar-refractivity contribution is 7.89. The standard InChI is InChI=1S/C24H39N3O5S/c1-24(2,3)32-23(28)25-19-11-15-27(16-12-19)33(29)21-8-6-7-20(17-21)26-13-9-18(10-14-26)22(30-4)31-5/h6-8,17-19,22H,9-16H2,1-5H3,(H,25,28). The van der Waals surface area contributed by atoms with E-state index in [0.717, 1.165) is 49.4 Å². The highest BCUT2D eigenvalue weighted by atomic mass is 32.2. The van der Waals surface area contributed by atoms with Gasteiger partial charge in [0.25, 0.3) is 0 Å². The molecule has 33 heavy (non-hydrogen) atoms. The third kappa shape index (κ3) is 7.48. The van der Waals surface area contributed by atoms with Crippen LogP contribution in [0.1, 0.15) is 46.5 Å². The Morgan fingerprint density at radius 2 is 1.73 bits per heavy atom. The number of rotatable bonds is 7. The fraction of sp³-hybridized carbons (Fsp3) is 0.708. The summed E-state index contributed by atoms with van der Waals surface area (Å²) >= 11 is -1.22. The molecule has 1 atom stereocenters. The highest BCUT2D eigenvalue weighted by Gasteiger charge is 2.31. The number of hydrogen-bond acceptors (Lipinski definition) is 7. The summed E-state index contributed by atoms with van der Waals surface area (Å²) in [4.78, 5) is 15.2. The Kier molecular flexibility index (Phi) is 9.29. The van der Waals surface area contributed by atoms with Crippen molar-refractivity contribution in [3.8, 4) is 0 Å². The van der Waals surface area contributed by atoms with Crippen LogP contribution in [-0.2, 0) is 25.6 Å². The molecule has 0 spiro atoms. The van der Waals surface area contributed by atoms with Crippen molar-refractivity contribution in [2.45, 2.75) is 69.3 Å². The second kappa shape index (κ2) is 11.8. The van der Waals surface area contributed by atoms with Gasteiger partial charge in [0.1, 0.15) is 5.60 Å². The smallest absolute Gasteiger partial charge is 0.407 e. The first-order valence-corrected chi connectivity index (χ1v) is 12.9. The summed E-state index contributed by atoms with van der Waals surface area (Å²) in [5.74, 6) is 0.393. The largest absolute Gasteiger partial charge is 0.593 e. The van der Waals surface area contributed by atoms with Gasteiger partial charge in [0.15, 0.2) is 11.2 Å². The molecule has 1 aromatic rings. The van der Waals surface area contributed by atoms with Crippen LogP contribution >= 0.6 is 0 Å². The second-order valence-corrected chi connectivity index (χ2v) is 11.2.